The van der Waals surface area contributed by atoms with Crippen LogP contribution in [0, 0.1) is 0 Å². The standard InChI is InChI=1S/C29H31N3O6/c1-16(2)37-14-6-12-31-28(33)17(3)38-18-7-9-22-21(15-18)19-11-13-30-25-20-8-10-23(35-4)27(36-5)24(20)29(34)32(22)26(19)25/h7-11,13,15-17H,6,12,14H2,1-5H3,(H,31,33)/t17-/m1/s1. The normalized spacial score (nSPS) is 12.6. The Morgan fingerprint density at radius 1 is 1.03 bits per heavy atom. The van der Waals surface area contributed by atoms with E-state index < -0.39 is 6.10 Å². The van der Waals surface area contributed by atoms with E-state index in [-0.39, 0.29) is 17.6 Å². The minimum absolute atomic E-state index is 0.166. The van der Waals surface area contributed by atoms with Gasteiger partial charge in [-0.15, -0.1) is 0 Å². The van der Waals surface area contributed by atoms with Crippen LogP contribution < -0.4 is 25.1 Å². The van der Waals surface area contributed by atoms with Gasteiger partial charge in [0.1, 0.15) is 5.75 Å². The lowest BCUT2D eigenvalue weighted by molar-refractivity contribution is -0.127. The van der Waals surface area contributed by atoms with Gasteiger partial charge in [-0.2, -0.15) is 0 Å². The number of nitrogens with one attached hydrogen (secondary N) is 1. The Balaban J connectivity index is 1.52. The minimum atomic E-state index is -0.692. The summed E-state index contributed by atoms with van der Waals surface area (Å²) in [6.07, 6.45) is 1.93. The van der Waals surface area contributed by atoms with E-state index in [1.54, 1.807) is 29.7 Å². The van der Waals surface area contributed by atoms with Gasteiger partial charge < -0.3 is 24.3 Å². The van der Waals surface area contributed by atoms with Crippen LogP contribution in [0.5, 0.6) is 17.2 Å². The summed E-state index contributed by atoms with van der Waals surface area (Å²) in [6.45, 7) is 6.77. The third-order valence-electron chi connectivity index (χ3n) is 6.62. The summed E-state index contributed by atoms with van der Waals surface area (Å²) in [7, 11) is 3.06. The molecule has 3 aromatic heterocycles. The molecule has 38 heavy (non-hydrogen) atoms. The fourth-order valence-electron chi connectivity index (χ4n) is 4.88. The van der Waals surface area contributed by atoms with Gasteiger partial charge in [0.05, 0.1) is 42.3 Å². The van der Waals surface area contributed by atoms with Gasteiger partial charge in [0, 0.05) is 35.5 Å². The summed E-state index contributed by atoms with van der Waals surface area (Å²) in [5.41, 5.74) is 1.90. The zero-order valence-corrected chi connectivity index (χ0v) is 22.2. The Hall–Kier alpha value is -4.11. The van der Waals surface area contributed by atoms with E-state index in [1.165, 1.54) is 14.2 Å². The number of amides is 1. The highest BCUT2D eigenvalue weighted by Crippen LogP contribution is 2.39. The van der Waals surface area contributed by atoms with E-state index in [4.69, 9.17) is 18.9 Å². The highest BCUT2D eigenvalue weighted by atomic mass is 16.5. The average Bonchev–Trinajstić information content (AvgIpc) is 3.25. The number of fused-ring (bicyclic) bond motifs is 5. The van der Waals surface area contributed by atoms with Gasteiger partial charge in [0.25, 0.3) is 11.5 Å². The van der Waals surface area contributed by atoms with Crippen LogP contribution in [-0.2, 0) is 9.53 Å². The highest BCUT2D eigenvalue weighted by molar-refractivity contribution is 6.19. The summed E-state index contributed by atoms with van der Waals surface area (Å²) < 4.78 is 24.2. The second-order valence-electron chi connectivity index (χ2n) is 9.42. The fraction of sp³-hybridized carbons (Fsp3) is 0.345. The lowest BCUT2D eigenvalue weighted by Gasteiger charge is -2.15. The number of rotatable bonds is 10. The van der Waals surface area contributed by atoms with Crippen LogP contribution >= 0.6 is 0 Å². The quantitative estimate of drug-likeness (QED) is 0.218. The lowest BCUT2D eigenvalue weighted by Crippen LogP contribution is -2.37. The second kappa shape index (κ2) is 10.3. The molecule has 0 saturated heterocycles. The number of carbonyl (C=O) groups excluding carboxylic acids is 1. The lowest BCUT2D eigenvalue weighted by atomic mass is 10.1. The van der Waals surface area contributed by atoms with Crippen molar-refractivity contribution in [1.29, 1.82) is 0 Å². The van der Waals surface area contributed by atoms with Crippen molar-refractivity contribution in [2.45, 2.75) is 39.4 Å². The topological polar surface area (TPSA) is 100 Å². The van der Waals surface area contributed by atoms with Crippen LogP contribution in [0.3, 0.4) is 0 Å². The van der Waals surface area contributed by atoms with Crippen molar-refractivity contribution < 1.29 is 23.7 Å². The first-order valence-electron chi connectivity index (χ1n) is 12.6. The Labute approximate surface area is 219 Å². The largest absolute Gasteiger partial charge is 0.493 e. The number of pyridine rings is 2. The monoisotopic (exact) mass is 517 g/mol. The number of nitrogens with zero attached hydrogens (tertiary/aromatic N) is 2. The van der Waals surface area contributed by atoms with E-state index in [0.29, 0.717) is 52.2 Å². The summed E-state index contributed by atoms with van der Waals surface area (Å²) in [5, 5.41) is 5.67. The van der Waals surface area contributed by atoms with Crippen molar-refractivity contribution in [3.8, 4) is 17.2 Å². The molecule has 0 aliphatic carbocycles. The number of hydrogen-bond donors (Lipinski definition) is 1. The van der Waals surface area contributed by atoms with Gasteiger partial charge in [0.2, 0.25) is 0 Å². The van der Waals surface area contributed by atoms with Crippen LogP contribution in [0.25, 0.3) is 38.1 Å². The van der Waals surface area contributed by atoms with Crippen molar-refractivity contribution in [1.82, 2.24) is 14.7 Å². The van der Waals surface area contributed by atoms with Crippen LogP contribution in [0.2, 0.25) is 0 Å². The molecule has 1 N–H and O–H groups in total. The van der Waals surface area contributed by atoms with Crippen LogP contribution in [0.1, 0.15) is 27.2 Å². The molecule has 1 atom stereocenters. The van der Waals surface area contributed by atoms with Crippen molar-refractivity contribution in [2.75, 3.05) is 27.4 Å². The summed E-state index contributed by atoms with van der Waals surface area (Å²) in [4.78, 5) is 31.0. The van der Waals surface area contributed by atoms with Crippen molar-refractivity contribution in [2.24, 2.45) is 0 Å². The summed E-state index contributed by atoms with van der Waals surface area (Å²) in [5.74, 6) is 1.18. The maximum Gasteiger partial charge on any atom is 0.267 e. The van der Waals surface area contributed by atoms with Crippen molar-refractivity contribution in [3.63, 3.8) is 0 Å². The summed E-state index contributed by atoms with van der Waals surface area (Å²) >= 11 is 0. The first kappa shape index (κ1) is 25.5. The van der Waals surface area contributed by atoms with Gasteiger partial charge in [-0.05, 0) is 63.6 Å². The molecule has 1 amide bonds. The highest BCUT2D eigenvalue weighted by Gasteiger charge is 2.23. The SMILES string of the molecule is COc1ccc2c(c1OC)c(=O)n1c3ccc(O[C@H](C)C(=O)NCCCOC(C)C)cc3c3ccnc2c31. The van der Waals surface area contributed by atoms with E-state index in [9.17, 15) is 9.59 Å². The number of benzene rings is 2. The van der Waals surface area contributed by atoms with Crippen LogP contribution in [-0.4, -0.2) is 54.9 Å². The van der Waals surface area contributed by atoms with Gasteiger partial charge in [-0.1, -0.05) is 0 Å². The van der Waals surface area contributed by atoms with Crippen LogP contribution in [0.4, 0.5) is 0 Å². The molecule has 2 aromatic carbocycles. The zero-order valence-electron chi connectivity index (χ0n) is 22.2. The molecule has 0 bridgehead atoms. The van der Waals surface area contributed by atoms with E-state index in [0.717, 1.165) is 22.7 Å². The van der Waals surface area contributed by atoms with E-state index in [2.05, 4.69) is 10.3 Å². The first-order valence-corrected chi connectivity index (χ1v) is 12.6. The molecular weight excluding hydrogens is 486 g/mol. The molecule has 3 heterocycles. The molecular formula is C29H31N3O6. The molecule has 5 rings (SSSR count). The van der Waals surface area contributed by atoms with E-state index >= 15 is 0 Å². The molecule has 0 radical (unpaired) electrons. The Bertz CT molecular complexity index is 1690. The molecule has 9 heteroatoms. The number of ether oxygens (including phenoxy) is 4. The molecule has 0 unspecified atom stereocenters. The molecule has 198 valence electrons. The Morgan fingerprint density at radius 2 is 1.84 bits per heavy atom. The van der Waals surface area contributed by atoms with Crippen molar-refractivity contribution >= 4 is 44.0 Å². The van der Waals surface area contributed by atoms with Gasteiger partial charge in [-0.3, -0.25) is 19.0 Å². The third-order valence-corrected chi connectivity index (χ3v) is 6.62. The number of aromatic nitrogens is 2. The molecule has 0 aliphatic rings. The molecule has 0 spiro atoms. The smallest absolute Gasteiger partial charge is 0.267 e. The maximum absolute atomic E-state index is 13.9. The average molecular weight is 518 g/mol. The number of hydrogen-bond acceptors (Lipinski definition) is 7. The van der Waals surface area contributed by atoms with Crippen molar-refractivity contribution in [3.05, 3.63) is 52.9 Å². The summed E-state index contributed by atoms with van der Waals surface area (Å²) in [6, 6.07) is 11.0. The van der Waals surface area contributed by atoms with Crippen LogP contribution in [0.15, 0.2) is 47.4 Å². The molecule has 0 aliphatic heterocycles. The third kappa shape index (κ3) is 4.32. The Morgan fingerprint density at radius 3 is 2.58 bits per heavy atom. The molecule has 9 nitrogen and oxygen atoms in total. The Kier molecular flexibility index (Phi) is 6.94. The minimum Gasteiger partial charge on any atom is -0.493 e. The molecule has 5 aromatic rings. The number of carbonyl (C=O) groups is 1. The molecule has 0 saturated carbocycles. The second-order valence-corrected chi connectivity index (χ2v) is 9.42. The zero-order chi connectivity index (χ0) is 27.0. The van der Waals surface area contributed by atoms with E-state index in [1.807, 2.05) is 38.1 Å². The van der Waals surface area contributed by atoms with Gasteiger partial charge >= 0.3 is 0 Å². The van der Waals surface area contributed by atoms with Gasteiger partial charge in [0.15, 0.2) is 17.6 Å². The fourth-order valence-corrected chi connectivity index (χ4v) is 4.88. The maximum atomic E-state index is 13.9. The van der Waals surface area contributed by atoms with Gasteiger partial charge in [-0.25, -0.2) is 0 Å². The predicted octanol–water partition coefficient (Wildman–Crippen LogP) is 4.31. The number of methoxy groups -OCH3 is 2. The molecule has 0 fully saturated rings. The predicted molar refractivity (Wildman–Crippen MR) is 147 cm³/mol. The first-order chi connectivity index (χ1) is 18.3.